The summed E-state index contributed by atoms with van der Waals surface area (Å²) in [5.41, 5.74) is 0. The molecule has 0 spiro atoms. The number of halogens is 1. The molecule has 0 bridgehead atoms. The van der Waals surface area contributed by atoms with Gasteiger partial charge in [0.1, 0.15) is 6.17 Å². The van der Waals surface area contributed by atoms with Gasteiger partial charge in [0.15, 0.2) is 0 Å². The molecule has 72 valence electrons. The Morgan fingerprint density at radius 1 is 1.42 bits per heavy atom. The Bertz CT molecular complexity index is 127. The molecule has 0 heterocycles. The first-order valence-electron chi connectivity index (χ1n) is 5.02. The first kappa shape index (κ1) is 9.97. The SMILES string of the molecule is CCCC1CC[C@H](CO)CC1F. The van der Waals surface area contributed by atoms with Crippen LogP contribution in [-0.2, 0) is 0 Å². The Balaban J connectivity index is 2.31. The molecule has 0 radical (unpaired) electrons. The Kier molecular flexibility index (Phi) is 3.99. The van der Waals surface area contributed by atoms with E-state index in [1.54, 1.807) is 0 Å². The standard InChI is InChI=1S/C10H19FO/c1-2-3-9-5-4-8(7-12)6-10(9)11/h8-10,12H,2-7H2,1H3/t8-,9?,10?/m0/s1. The lowest BCUT2D eigenvalue weighted by Gasteiger charge is -2.30. The number of rotatable bonds is 3. The Hall–Kier alpha value is -0.110. The maximum absolute atomic E-state index is 13.4. The van der Waals surface area contributed by atoms with E-state index in [1.165, 1.54) is 0 Å². The van der Waals surface area contributed by atoms with Gasteiger partial charge in [0.2, 0.25) is 0 Å². The second kappa shape index (κ2) is 4.80. The van der Waals surface area contributed by atoms with Crippen molar-refractivity contribution in [3.63, 3.8) is 0 Å². The van der Waals surface area contributed by atoms with Crippen LogP contribution in [-0.4, -0.2) is 17.9 Å². The van der Waals surface area contributed by atoms with Gasteiger partial charge in [-0.3, -0.25) is 0 Å². The van der Waals surface area contributed by atoms with Crippen LogP contribution in [0, 0.1) is 11.8 Å². The largest absolute Gasteiger partial charge is 0.396 e. The van der Waals surface area contributed by atoms with Crippen LogP contribution in [0.5, 0.6) is 0 Å². The van der Waals surface area contributed by atoms with Crippen molar-refractivity contribution >= 4 is 0 Å². The summed E-state index contributed by atoms with van der Waals surface area (Å²) >= 11 is 0. The molecule has 0 aromatic rings. The van der Waals surface area contributed by atoms with E-state index in [9.17, 15) is 4.39 Å². The summed E-state index contributed by atoms with van der Waals surface area (Å²) in [4.78, 5) is 0. The smallest absolute Gasteiger partial charge is 0.103 e. The van der Waals surface area contributed by atoms with E-state index in [0.29, 0.717) is 6.42 Å². The maximum Gasteiger partial charge on any atom is 0.103 e. The highest BCUT2D eigenvalue weighted by molar-refractivity contribution is 4.79. The Morgan fingerprint density at radius 3 is 2.67 bits per heavy atom. The number of alkyl halides is 1. The summed E-state index contributed by atoms with van der Waals surface area (Å²) in [6.45, 7) is 2.27. The van der Waals surface area contributed by atoms with Crippen molar-refractivity contribution in [2.75, 3.05) is 6.61 Å². The highest BCUT2D eigenvalue weighted by Gasteiger charge is 2.29. The molecule has 0 aromatic heterocycles. The molecule has 1 nitrogen and oxygen atoms in total. The van der Waals surface area contributed by atoms with E-state index in [4.69, 9.17) is 5.11 Å². The van der Waals surface area contributed by atoms with Gasteiger partial charge < -0.3 is 5.11 Å². The van der Waals surface area contributed by atoms with Crippen molar-refractivity contribution in [1.82, 2.24) is 0 Å². The number of aliphatic hydroxyl groups excluding tert-OH is 1. The third-order valence-electron chi connectivity index (χ3n) is 2.93. The zero-order chi connectivity index (χ0) is 8.97. The molecule has 12 heavy (non-hydrogen) atoms. The fourth-order valence-electron chi connectivity index (χ4n) is 2.12. The van der Waals surface area contributed by atoms with Gasteiger partial charge in [0.05, 0.1) is 0 Å². The quantitative estimate of drug-likeness (QED) is 0.697. The molecule has 1 rings (SSSR count). The minimum Gasteiger partial charge on any atom is -0.396 e. The summed E-state index contributed by atoms with van der Waals surface area (Å²) in [6.07, 6.45) is 4.01. The topological polar surface area (TPSA) is 20.2 Å². The number of hydrogen-bond donors (Lipinski definition) is 1. The fraction of sp³-hybridized carbons (Fsp3) is 1.00. The van der Waals surface area contributed by atoms with Crippen LogP contribution in [0.2, 0.25) is 0 Å². The Labute approximate surface area is 74.0 Å². The first-order chi connectivity index (χ1) is 5.77. The molecule has 0 aromatic carbocycles. The van der Waals surface area contributed by atoms with Crippen molar-refractivity contribution in [3.05, 3.63) is 0 Å². The average Bonchev–Trinajstić information content (AvgIpc) is 2.09. The van der Waals surface area contributed by atoms with Gasteiger partial charge in [0.25, 0.3) is 0 Å². The summed E-state index contributed by atoms with van der Waals surface area (Å²) in [5.74, 6) is 0.505. The van der Waals surface area contributed by atoms with Gasteiger partial charge >= 0.3 is 0 Å². The van der Waals surface area contributed by atoms with Crippen LogP contribution in [0.15, 0.2) is 0 Å². The van der Waals surface area contributed by atoms with Crippen LogP contribution >= 0.6 is 0 Å². The molecule has 0 amide bonds. The predicted molar refractivity (Wildman–Crippen MR) is 47.7 cm³/mol. The second-order valence-corrected chi connectivity index (χ2v) is 3.93. The van der Waals surface area contributed by atoms with E-state index in [0.717, 1.165) is 25.7 Å². The van der Waals surface area contributed by atoms with E-state index in [1.807, 2.05) is 0 Å². The number of hydrogen-bond acceptors (Lipinski definition) is 1. The third kappa shape index (κ3) is 2.44. The normalized spacial score (nSPS) is 36.8. The summed E-state index contributed by atoms with van der Waals surface area (Å²) < 4.78 is 13.4. The van der Waals surface area contributed by atoms with E-state index < -0.39 is 6.17 Å². The fourth-order valence-corrected chi connectivity index (χ4v) is 2.12. The molecule has 1 N–H and O–H groups in total. The summed E-state index contributed by atoms with van der Waals surface area (Å²) in [6, 6.07) is 0. The van der Waals surface area contributed by atoms with Crippen molar-refractivity contribution in [3.8, 4) is 0 Å². The van der Waals surface area contributed by atoms with Gasteiger partial charge in [-0.1, -0.05) is 13.3 Å². The minimum atomic E-state index is -0.657. The van der Waals surface area contributed by atoms with Crippen molar-refractivity contribution in [2.45, 2.75) is 45.2 Å². The minimum absolute atomic E-state index is 0.166. The van der Waals surface area contributed by atoms with Crippen molar-refractivity contribution < 1.29 is 9.50 Å². The van der Waals surface area contributed by atoms with Gasteiger partial charge in [-0.15, -0.1) is 0 Å². The van der Waals surface area contributed by atoms with Gasteiger partial charge in [-0.2, -0.15) is 0 Å². The molecule has 2 unspecified atom stereocenters. The molecular weight excluding hydrogens is 155 g/mol. The van der Waals surface area contributed by atoms with Gasteiger partial charge in [0, 0.05) is 6.61 Å². The molecule has 1 aliphatic rings. The molecule has 2 heteroatoms. The highest BCUT2D eigenvalue weighted by atomic mass is 19.1. The van der Waals surface area contributed by atoms with Crippen molar-refractivity contribution in [2.24, 2.45) is 11.8 Å². The average molecular weight is 174 g/mol. The van der Waals surface area contributed by atoms with Crippen LogP contribution in [0.3, 0.4) is 0 Å². The summed E-state index contributed by atoms with van der Waals surface area (Å²) in [5, 5.41) is 8.86. The van der Waals surface area contributed by atoms with Crippen LogP contribution in [0.4, 0.5) is 4.39 Å². The highest BCUT2D eigenvalue weighted by Crippen LogP contribution is 2.33. The van der Waals surface area contributed by atoms with Crippen LogP contribution < -0.4 is 0 Å². The van der Waals surface area contributed by atoms with Gasteiger partial charge in [-0.05, 0) is 37.5 Å². The molecule has 1 fully saturated rings. The number of aliphatic hydroxyl groups is 1. The van der Waals surface area contributed by atoms with E-state index in [-0.39, 0.29) is 18.4 Å². The second-order valence-electron chi connectivity index (χ2n) is 3.93. The van der Waals surface area contributed by atoms with Crippen LogP contribution in [0.1, 0.15) is 39.0 Å². The zero-order valence-electron chi connectivity index (χ0n) is 7.80. The van der Waals surface area contributed by atoms with Gasteiger partial charge in [-0.25, -0.2) is 4.39 Å². The monoisotopic (exact) mass is 174 g/mol. The lowest BCUT2D eigenvalue weighted by Crippen LogP contribution is -2.27. The van der Waals surface area contributed by atoms with Crippen molar-refractivity contribution in [1.29, 1.82) is 0 Å². The third-order valence-corrected chi connectivity index (χ3v) is 2.93. The van der Waals surface area contributed by atoms with Crippen LogP contribution in [0.25, 0.3) is 0 Å². The van der Waals surface area contributed by atoms with E-state index in [2.05, 4.69) is 6.92 Å². The first-order valence-corrected chi connectivity index (χ1v) is 5.02. The molecule has 3 atom stereocenters. The lowest BCUT2D eigenvalue weighted by molar-refractivity contribution is 0.0858. The lowest BCUT2D eigenvalue weighted by atomic mass is 9.79. The molecular formula is C10H19FO. The maximum atomic E-state index is 13.4. The summed E-state index contributed by atoms with van der Waals surface area (Å²) in [7, 11) is 0. The zero-order valence-corrected chi connectivity index (χ0v) is 7.80. The molecule has 0 aliphatic heterocycles. The predicted octanol–water partition coefficient (Wildman–Crippen LogP) is 2.53. The van der Waals surface area contributed by atoms with E-state index >= 15 is 0 Å². The molecule has 1 aliphatic carbocycles. The molecule has 0 saturated heterocycles. The molecule has 1 saturated carbocycles. The Morgan fingerprint density at radius 2 is 2.17 bits per heavy atom.